The lowest BCUT2D eigenvalue weighted by atomic mass is 9.66. The Morgan fingerprint density at radius 3 is 1.81 bits per heavy atom. The van der Waals surface area contributed by atoms with Gasteiger partial charge in [-0.2, -0.15) is 4.99 Å². The summed E-state index contributed by atoms with van der Waals surface area (Å²) >= 11 is 5.79. The standard InChI is InChI=1S/C96H65N5S3/c1-94(53-52-80-70(56-94)88-81(100(80)62-45-46-67-66-29-12-19-37-83(66)102-86(67)55-62)50-48-78-90(88)104-84-38-20-16-34-75(84)95(78)71-31-13-8-26-63(71)64-27-9-14-32-72(64)95)61-44-47-74-69(54-61)65-28-10-15-33-73(65)96(74)76-35-17-21-39-85(76)103-89-77(96)49-51-82-87(89)68-30-11-18-36-79(68)101(82)93-98-91(59-24-6-3-7-25-59)97-92(99-93)60-42-40-58(41-43-60)57-22-4-2-5-23-57/h2-6,8-22,24,26-55,57,91H,7,23,25,56H2,1H3,(H,97,98,99). The van der Waals surface area contributed by atoms with Crippen molar-refractivity contribution in [3.8, 4) is 27.9 Å². The Balaban J connectivity index is 0.699. The number of fused-ring (bicyclic) bond motifs is 29. The molecule has 104 heavy (non-hydrogen) atoms. The number of thiophene rings is 1. The lowest BCUT2D eigenvalue weighted by Crippen LogP contribution is -2.43. The molecule has 5 aliphatic carbocycles. The van der Waals surface area contributed by atoms with E-state index in [1.165, 1.54) is 162 Å². The zero-order valence-corrected chi connectivity index (χ0v) is 59.4. The van der Waals surface area contributed by atoms with Crippen LogP contribution < -0.4 is 5.32 Å². The number of hydrogen-bond acceptors (Lipinski definition) is 6. The number of allylic oxidation sites excluding steroid dienone is 8. The second-order valence-corrected chi connectivity index (χ2v) is 32.6. The number of nitrogens with one attached hydrogen (secondary N) is 1. The highest BCUT2D eigenvalue weighted by atomic mass is 32.2. The fourth-order valence-corrected chi connectivity index (χ4v) is 23.4. The fourth-order valence-electron chi connectivity index (χ4n) is 19.6. The van der Waals surface area contributed by atoms with E-state index in [2.05, 4.69) is 331 Å². The van der Waals surface area contributed by atoms with E-state index in [1.54, 1.807) is 0 Å². The van der Waals surface area contributed by atoms with Gasteiger partial charge in [0.05, 0.1) is 27.4 Å². The second-order valence-electron chi connectivity index (χ2n) is 29.4. The highest BCUT2D eigenvalue weighted by Crippen LogP contribution is 2.66. The number of aliphatic imine (C=N–C) groups is 2. The molecule has 0 saturated carbocycles. The van der Waals surface area contributed by atoms with Crippen molar-refractivity contribution < 1.29 is 0 Å². The molecule has 0 amide bonds. The predicted molar refractivity (Wildman–Crippen MR) is 433 cm³/mol. The van der Waals surface area contributed by atoms with E-state index in [0.29, 0.717) is 5.92 Å². The molecule has 4 atom stereocenters. The van der Waals surface area contributed by atoms with Gasteiger partial charge in [-0.25, -0.2) is 4.99 Å². The lowest BCUT2D eigenvalue weighted by Gasteiger charge is -2.40. The fraction of sp³-hybridized carbons (Fsp3) is 0.104. The third-order valence-corrected chi connectivity index (χ3v) is 27.7. The van der Waals surface area contributed by atoms with Gasteiger partial charge >= 0.3 is 0 Å². The molecule has 0 saturated heterocycles. The molecule has 1 N–H and O–H groups in total. The van der Waals surface area contributed by atoms with Crippen molar-refractivity contribution in [3.05, 3.63) is 381 Å². The molecule has 4 unspecified atom stereocenters. The van der Waals surface area contributed by atoms with E-state index in [1.807, 2.05) is 34.9 Å². The van der Waals surface area contributed by atoms with Gasteiger partial charge in [0.25, 0.3) is 0 Å². The largest absolute Gasteiger partial charge is 0.330 e. The van der Waals surface area contributed by atoms with E-state index in [9.17, 15) is 0 Å². The highest BCUT2D eigenvalue weighted by molar-refractivity contribution is 8.00. The SMILES string of the molecule is CC1(c2ccc3c(c2)-c2ccccc2C32c3ccccc3Sc3c2ccc2c3c3ccccc3n2C2=NC(c3ccc(C4C=CC=CC4)cc3)=NC(C3=CC=CCC3)N2)C=Cc2c(c3c4c(ccc3n2-c2ccc3c(c2)sc2ccccc23)C2(c3ccccc3S4)c3ccccc3-c3ccccc32)C1. The third kappa shape index (κ3) is 8.08. The van der Waals surface area contributed by atoms with Crippen LogP contribution in [0.2, 0.25) is 0 Å². The van der Waals surface area contributed by atoms with Gasteiger partial charge in [0.1, 0.15) is 6.17 Å². The van der Waals surface area contributed by atoms with E-state index in [-0.39, 0.29) is 6.17 Å². The zero-order valence-electron chi connectivity index (χ0n) is 56.9. The summed E-state index contributed by atoms with van der Waals surface area (Å²) in [5, 5.41) is 10.3. The van der Waals surface area contributed by atoms with E-state index >= 15 is 0 Å². The maximum absolute atomic E-state index is 5.56. The van der Waals surface area contributed by atoms with Gasteiger partial charge in [-0.15, -0.1) is 11.3 Å². The average molecular weight is 1380 g/mol. The first-order valence-electron chi connectivity index (χ1n) is 36.5. The smallest absolute Gasteiger partial charge is 0.211 e. The summed E-state index contributed by atoms with van der Waals surface area (Å²) in [4.78, 5) is 16.2. The second kappa shape index (κ2) is 22.1. The lowest BCUT2D eigenvalue weighted by molar-refractivity contribution is 0.587. The maximum Gasteiger partial charge on any atom is 0.211 e. The Kier molecular flexibility index (Phi) is 12.6. The molecule has 23 rings (SSSR count). The van der Waals surface area contributed by atoms with Crippen molar-refractivity contribution in [1.29, 1.82) is 0 Å². The number of rotatable bonds is 5. The Morgan fingerprint density at radius 1 is 0.490 bits per heavy atom. The molecule has 15 aromatic rings. The minimum absolute atomic E-state index is 0.283. The molecule has 3 aliphatic heterocycles. The summed E-state index contributed by atoms with van der Waals surface area (Å²) in [5.41, 5.74) is 26.6. The summed E-state index contributed by atoms with van der Waals surface area (Å²) in [7, 11) is 0. The first-order valence-corrected chi connectivity index (χ1v) is 39.0. The molecule has 492 valence electrons. The van der Waals surface area contributed by atoms with Crippen molar-refractivity contribution in [3.63, 3.8) is 0 Å². The molecular weight excluding hydrogens is 1320 g/mol. The van der Waals surface area contributed by atoms with Crippen molar-refractivity contribution >= 4 is 106 Å². The first kappa shape index (κ1) is 59.3. The van der Waals surface area contributed by atoms with Crippen molar-refractivity contribution in [1.82, 2.24) is 14.5 Å². The number of para-hydroxylation sites is 1. The Bertz CT molecular complexity index is 6530. The van der Waals surface area contributed by atoms with Gasteiger partial charge in [-0.1, -0.05) is 279 Å². The van der Waals surface area contributed by atoms with Crippen LogP contribution in [0.1, 0.15) is 105 Å². The average Bonchev–Trinajstić information content (AvgIpc) is 1.48. The summed E-state index contributed by atoms with van der Waals surface area (Å²) in [5.74, 6) is 1.87. The number of amidine groups is 1. The number of aromatic nitrogens is 2. The van der Waals surface area contributed by atoms with Gasteiger partial charge in [-0.05, 0) is 175 Å². The van der Waals surface area contributed by atoms with Crippen molar-refractivity contribution in [2.75, 3.05) is 0 Å². The maximum atomic E-state index is 5.56. The summed E-state index contributed by atoms with van der Waals surface area (Å²) in [6.45, 7) is 2.50. The molecule has 0 bridgehead atoms. The Hall–Kier alpha value is -11.3. The van der Waals surface area contributed by atoms with Gasteiger partial charge < -0.3 is 9.88 Å². The van der Waals surface area contributed by atoms with Crippen LogP contribution in [0.4, 0.5) is 0 Å². The zero-order chi connectivity index (χ0) is 68.2. The normalized spacial score (nSPS) is 20.2. The molecule has 0 radical (unpaired) electrons. The molecule has 3 aromatic heterocycles. The molecular formula is C96H65N5S3. The van der Waals surface area contributed by atoms with Crippen LogP contribution in [0.5, 0.6) is 0 Å². The molecule has 5 nitrogen and oxygen atoms in total. The predicted octanol–water partition coefficient (Wildman–Crippen LogP) is 23.7. The minimum atomic E-state index is -0.624. The van der Waals surface area contributed by atoms with E-state index in [4.69, 9.17) is 9.98 Å². The van der Waals surface area contributed by atoms with Gasteiger partial charge in [-0.3, -0.25) is 4.57 Å². The molecule has 2 spiro atoms. The number of hydrogen-bond donors (Lipinski definition) is 1. The van der Waals surface area contributed by atoms with Crippen LogP contribution in [-0.4, -0.2) is 27.1 Å². The van der Waals surface area contributed by atoms with Crippen LogP contribution in [0, 0.1) is 0 Å². The van der Waals surface area contributed by atoms with E-state index < -0.39 is 16.2 Å². The summed E-state index contributed by atoms with van der Waals surface area (Å²) in [6.07, 6.45) is 24.0. The summed E-state index contributed by atoms with van der Waals surface area (Å²) < 4.78 is 7.61. The number of benzene rings is 12. The Morgan fingerprint density at radius 2 is 1.11 bits per heavy atom. The van der Waals surface area contributed by atoms with Crippen LogP contribution in [0.3, 0.4) is 0 Å². The van der Waals surface area contributed by atoms with Crippen LogP contribution in [0.25, 0.3) is 86.9 Å². The Labute approximate surface area is 615 Å². The molecule has 12 aromatic carbocycles. The summed E-state index contributed by atoms with van der Waals surface area (Å²) in [6, 6.07) is 97.8. The molecule has 6 heterocycles. The monoisotopic (exact) mass is 1380 g/mol. The topological polar surface area (TPSA) is 46.6 Å². The third-order valence-electron chi connectivity index (χ3n) is 24.2. The molecule has 8 aliphatic rings. The van der Waals surface area contributed by atoms with Crippen LogP contribution >= 0.6 is 34.9 Å². The van der Waals surface area contributed by atoms with E-state index in [0.717, 1.165) is 54.1 Å². The highest BCUT2D eigenvalue weighted by Gasteiger charge is 2.53. The van der Waals surface area contributed by atoms with Crippen molar-refractivity contribution in [2.24, 2.45) is 9.98 Å². The van der Waals surface area contributed by atoms with Gasteiger partial charge in [0.2, 0.25) is 5.96 Å². The number of nitrogens with zero attached hydrogens (tertiary/aromatic N) is 4. The van der Waals surface area contributed by atoms with Gasteiger partial charge in [0.15, 0.2) is 5.84 Å². The molecule has 0 fully saturated rings. The van der Waals surface area contributed by atoms with Crippen LogP contribution in [-0.2, 0) is 22.7 Å². The molecule has 8 heteroatoms. The van der Waals surface area contributed by atoms with Crippen LogP contribution in [0.15, 0.2) is 339 Å². The first-order chi connectivity index (χ1) is 51.4. The van der Waals surface area contributed by atoms with Gasteiger partial charge in [0, 0.05) is 84.2 Å². The quantitative estimate of drug-likeness (QED) is 0.187. The minimum Gasteiger partial charge on any atom is -0.330 e. The van der Waals surface area contributed by atoms with Crippen molar-refractivity contribution in [2.45, 2.75) is 80.5 Å².